The number of hydrogen-bond acceptors (Lipinski definition) is 2. The number of rotatable bonds is 18. The Morgan fingerprint density at radius 1 is 0.839 bits per heavy atom. The lowest BCUT2D eigenvalue weighted by Gasteiger charge is -2.10. The minimum Gasteiger partial charge on any atom is -0.356 e. The predicted molar refractivity (Wildman–Crippen MR) is 132 cm³/mol. The first-order valence-corrected chi connectivity index (χ1v) is 13.0. The number of hydrogen-bond donors (Lipinski definition) is 1. The summed E-state index contributed by atoms with van der Waals surface area (Å²) in [5, 5.41) is 3.01. The molecule has 0 bridgehead atoms. The van der Waals surface area contributed by atoms with Gasteiger partial charge in [0.2, 0.25) is 5.91 Å². The van der Waals surface area contributed by atoms with Gasteiger partial charge in [0.05, 0.1) is 11.0 Å². The van der Waals surface area contributed by atoms with Crippen molar-refractivity contribution in [2.24, 2.45) is 0 Å². The summed E-state index contributed by atoms with van der Waals surface area (Å²) in [6.45, 7) is 6.20. The molecule has 4 heteroatoms. The Labute approximate surface area is 190 Å². The maximum absolute atomic E-state index is 11.5. The molecule has 0 atom stereocenters. The van der Waals surface area contributed by atoms with Crippen LogP contribution in [0.4, 0.5) is 0 Å². The summed E-state index contributed by atoms with van der Waals surface area (Å²) in [7, 11) is 0. The highest BCUT2D eigenvalue weighted by molar-refractivity contribution is 5.76. The second kappa shape index (κ2) is 15.9. The number of carbonyl (C=O) groups excluding carboxylic acids is 1. The zero-order valence-electron chi connectivity index (χ0n) is 20.1. The molecule has 0 aliphatic heterocycles. The molecule has 0 saturated carbocycles. The van der Waals surface area contributed by atoms with E-state index in [2.05, 4.69) is 41.1 Å². The first-order valence-electron chi connectivity index (χ1n) is 13.0. The molecule has 31 heavy (non-hydrogen) atoms. The number of fused-ring (bicyclic) bond motifs is 1. The van der Waals surface area contributed by atoms with E-state index < -0.39 is 0 Å². The van der Waals surface area contributed by atoms with Crippen LogP contribution in [0.3, 0.4) is 0 Å². The Kier molecular flexibility index (Phi) is 13.0. The molecule has 2 aromatic rings. The van der Waals surface area contributed by atoms with Crippen molar-refractivity contribution in [1.82, 2.24) is 14.9 Å². The standard InChI is InChI=1S/C27H45N3O/c1-3-5-6-7-8-9-10-11-17-23-30-25-20-15-14-19-24(25)29-26(30)21-13-12-16-22-28-27(31)18-4-2/h14-15,19-20H,3-13,16-18,21-23H2,1-2H3,(H,28,31). The van der Waals surface area contributed by atoms with Gasteiger partial charge in [0.1, 0.15) is 5.82 Å². The monoisotopic (exact) mass is 427 g/mol. The average Bonchev–Trinajstić information content (AvgIpc) is 3.12. The second-order valence-electron chi connectivity index (χ2n) is 8.91. The number of nitrogens with one attached hydrogen (secondary N) is 1. The molecular formula is C27H45N3O. The van der Waals surface area contributed by atoms with Crippen molar-refractivity contribution < 1.29 is 4.79 Å². The maximum atomic E-state index is 11.5. The molecule has 0 radical (unpaired) electrons. The molecule has 0 saturated heterocycles. The van der Waals surface area contributed by atoms with Gasteiger partial charge in [0, 0.05) is 25.9 Å². The summed E-state index contributed by atoms with van der Waals surface area (Å²) in [5.74, 6) is 1.42. The Bertz CT molecular complexity index is 737. The Balaban J connectivity index is 1.72. The number of carbonyl (C=O) groups is 1. The number of amides is 1. The first-order chi connectivity index (χ1) is 15.3. The average molecular weight is 428 g/mol. The number of unbranched alkanes of at least 4 members (excludes halogenated alkanes) is 10. The Morgan fingerprint density at radius 3 is 2.26 bits per heavy atom. The molecule has 0 aliphatic carbocycles. The van der Waals surface area contributed by atoms with Crippen LogP contribution in [-0.4, -0.2) is 22.0 Å². The molecular weight excluding hydrogens is 382 g/mol. The summed E-state index contributed by atoms with van der Waals surface area (Å²) in [6.07, 6.45) is 18.1. The van der Waals surface area contributed by atoms with Gasteiger partial charge in [-0.2, -0.15) is 0 Å². The topological polar surface area (TPSA) is 46.9 Å². The fourth-order valence-electron chi connectivity index (χ4n) is 4.27. The molecule has 1 amide bonds. The Hall–Kier alpha value is -1.84. The number of imidazole rings is 1. The van der Waals surface area contributed by atoms with Gasteiger partial charge in [-0.05, 0) is 37.8 Å². The summed E-state index contributed by atoms with van der Waals surface area (Å²) in [6, 6.07) is 8.55. The molecule has 2 rings (SSSR count). The van der Waals surface area contributed by atoms with Gasteiger partial charge in [-0.15, -0.1) is 0 Å². The van der Waals surface area contributed by atoms with Gasteiger partial charge in [-0.1, -0.05) is 83.8 Å². The quantitative estimate of drug-likeness (QED) is 0.256. The first kappa shape index (κ1) is 25.4. The van der Waals surface area contributed by atoms with Crippen molar-refractivity contribution in [2.45, 2.75) is 117 Å². The van der Waals surface area contributed by atoms with Crippen LogP contribution in [-0.2, 0) is 17.8 Å². The van der Waals surface area contributed by atoms with E-state index in [9.17, 15) is 4.79 Å². The normalized spacial score (nSPS) is 11.3. The molecule has 1 aromatic carbocycles. The van der Waals surface area contributed by atoms with Crippen LogP contribution in [0.1, 0.15) is 110 Å². The lowest BCUT2D eigenvalue weighted by molar-refractivity contribution is -0.121. The van der Waals surface area contributed by atoms with Crippen molar-refractivity contribution in [3.05, 3.63) is 30.1 Å². The van der Waals surface area contributed by atoms with E-state index in [0.717, 1.165) is 50.7 Å². The van der Waals surface area contributed by atoms with Gasteiger partial charge in [0.25, 0.3) is 0 Å². The maximum Gasteiger partial charge on any atom is 0.219 e. The number of aromatic nitrogens is 2. The molecule has 0 fully saturated rings. The van der Waals surface area contributed by atoms with Gasteiger partial charge in [-0.3, -0.25) is 4.79 Å². The minimum atomic E-state index is 0.185. The van der Waals surface area contributed by atoms with E-state index in [1.54, 1.807) is 0 Å². The zero-order chi connectivity index (χ0) is 22.2. The highest BCUT2D eigenvalue weighted by atomic mass is 16.1. The second-order valence-corrected chi connectivity index (χ2v) is 8.91. The highest BCUT2D eigenvalue weighted by Crippen LogP contribution is 2.19. The summed E-state index contributed by atoms with van der Waals surface area (Å²) in [5.41, 5.74) is 2.41. The van der Waals surface area contributed by atoms with E-state index in [4.69, 9.17) is 4.98 Å². The van der Waals surface area contributed by atoms with Crippen LogP contribution < -0.4 is 5.32 Å². The number of nitrogens with zero attached hydrogens (tertiary/aromatic N) is 2. The number of aryl methyl sites for hydroxylation is 2. The summed E-state index contributed by atoms with van der Waals surface area (Å²) in [4.78, 5) is 16.5. The van der Waals surface area contributed by atoms with Crippen molar-refractivity contribution in [2.75, 3.05) is 6.54 Å². The van der Waals surface area contributed by atoms with Crippen LogP contribution in [0.15, 0.2) is 24.3 Å². The molecule has 0 aliphatic rings. The van der Waals surface area contributed by atoms with Crippen LogP contribution in [0.2, 0.25) is 0 Å². The van der Waals surface area contributed by atoms with Crippen molar-refractivity contribution >= 4 is 16.9 Å². The van der Waals surface area contributed by atoms with E-state index in [1.165, 1.54) is 69.1 Å². The third-order valence-electron chi connectivity index (χ3n) is 6.10. The zero-order valence-corrected chi connectivity index (χ0v) is 20.1. The van der Waals surface area contributed by atoms with Gasteiger partial charge >= 0.3 is 0 Å². The molecule has 1 N–H and O–H groups in total. The Morgan fingerprint density at radius 2 is 1.52 bits per heavy atom. The summed E-state index contributed by atoms with van der Waals surface area (Å²) >= 11 is 0. The third-order valence-corrected chi connectivity index (χ3v) is 6.10. The van der Waals surface area contributed by atoms with E-state index in [0.29, 0.717) is 6.42 Å². The van der Waals surface area contributed by atoms with E-state index >= 15 is 0 Å². The lowest BCUT2D eigenvalue weighted by atomic mass is 10.1. The largest absolute Gasteiger partial charge is 0.356 e. The molecule has 1 heterocycles. The van der Waals surface area contributed by atoms with Crippen molar-refractivity contribution in [3.8, 4) is 0 Å². The molecule has 4 nitrogen and oxygen atoms in total. The van der Waals surface area contributed by atoms with E-state index in [1.807, 2.05) is 6.92 Å². The number of para-hydroxylation sites is 2. The fourth-order valence-corrected chi connectivity index (χ4v) is 4.27. The molecule has 1 aromatic heterocycles. The van der Waals surface area contributed by atoms with Crippen molar-refractivity contribution in [3.63, 3.8) is 0 Å². The third kappa shape index (κ3) is 9.88. The molecule has 174 valence electrons. The van der Waals surface area contributed by atoms with Crippen LogP contribution in [0.25, 0.3) is 11.0 Å². The fraction of sp³-hybridized carbons (Fsp3) is 0.704. The lowest BCUT2D eigenvalue weighted by Crippen LogP contribution is -2.23. The SMILES string of the molecule is CCCCCCCCCCCn1c(CCCCCNC(=O)CCC)nc2ccccc21. The van der Waals surface area contributed by atoms with E-state index in [-0.39, 0.29) is 5.91 Å². The van der Waals surface area contributed by atoms with Gasteiger partial charge < -0.3 is 9.88 Å². The predicted octanol–water partition coefficient (Wildman–Crippen LogP) is 7.20. The molecule has 0 unspecified atom stereocenters. The minimum absolute atomic E-state index is 0.185. The smallest absolute Gasteiger partial charge is 0.219 e. The highest BCUT2D eigenvalue weighted by Gasteiger charge is 2.10. The molecule has 0 spiro atoms. The van der Waals surface area contributed by atoms with Crippen molar-refractivity contribution in [1.29, 1.82) is 0 Å². The van der Waals surface area contributed by atoms with Crippen LogP contribution >= 0.6 is 0 Å². The van der Waals surface area contributed by atoms with Crippen LogP contribution in [0.5, 0.6) is 0 Å². The summed E-state index contributed by atoms with van der Waals surface area (Å²) < 4.78 is 2.46. The number of benzene rings is 1. The van der Waals surface area contributed by atoms with Gasteiger partial charge in [-0.25, -0.2) is 4.98 Å². The van der Waals surface area contributed by atoms with Crippen LogP contribution in [0, 0.1) is 0 Å². The van der Waals surface area contributed by atoms with Gasteiger partial charge in [0.15, 0.2) is 0 Å².